The molecule has 0 saturated heterocycles. The fourth-order valence-corrected chi connectivity index (χ4v) is 8.31. The summed E-state index contributed by atoms with van der Waals surface area (Å²) in [6.07, 6.45) is 0. The van der Waals surface area contributed by atoms with Crippen LogP contribution in [-0.4, -0.2) is 14.5 Å². The first-order valence-corrected chi connectivity index (χ1v) is 17.9. The molecular formula is C49H35N3. The topological polar surface area (TPSA) is 30.7 Å². The van der Waals surface area contributed by atoms with Crippen LogP contribution in [0.15, 0.2) is 176 Å². The molecule has 0 amide bonds. The molecule has 7 aromatic carbocycles. The lowest BCUT2D eigenvalue weighted by Gasteiger charge is -2.23. The first-order valence-electron chi connectivity index (χ1n) is 17.9. The van der Waals surface area contributed by atoms with Crippen molar-refractivity contribution in [2.75, 3.05) is 0 Å². The van der Waals surface area contributed by atoms with Gasteiger partial charge in [-0.1, -0.05) is 147 Å². The molecule has 0 atom stereocenters. The van der Waals surface area contributed by atoms with E-state index in [0.29, 0.717) is 5.82 Å². The fourth-order valence-electron chi connectivity index (χ4n) is 8.31. The first-order chi connectivity index (χ1) is 25.5. The van der Waals surface area contributed by atoms with Gasteiger partial charge in [-0.2, -0.15) is 0 Å². The minimum atomic E-state index is -0.141. The van der Waals surface area contributed by atoms with Crippen molar-refractivity contribution in [3.05, 3.63) is 187 Å². The molecule has 0 saturated carbocycles. The molecule has 0 bridgehead atoms. The third-order valence-corrected chi connectivity index (χ3v) is 10.8. The molecule has 3 heteroatoms. The van der Waals surface area contributed by atoms with Crippen molar-refractivity contribution in [2.45, 2.75) is 19.3 Å². The standard InChI is InChI=1S/C49H35N3/c1-49(2)42-22-11-9-20-38(42)40-28-29-41-39-21-10-12-23-45(39)52(47(41)46(40)49)37-26-24-34(25-27-37)48-50-43(33-16-7-4-8-17-33)31-44(51-48)36-19-13-18-35(30-36)32-14-5-3-6-15-32/h3-31H,1-2H3. The van der Waals surface area contributed by atoms with E-state index in [1.54, 1.807) is 0 Å². The molecule has 246 valence electrons. The Bertz CT molecular complexity index is 2790. The van der Waals surface area contributed by atoms with Crippen LogP contribution in [0.2, 0.25) is 0 Å². The van der Waals surface area contributed by atoms with Crippen LogP contribution in [0.25, 0.3) is 83.6 Å². The Balaban J connectivity index is 1.13. The lowest BCUT2D eigenvalue weighted by Crippen LogP contribution is -2.16. The first kappa shape index (κ1) is 30.3. The summed E-state index contributed by atoms with van der Waals surface area (Å²) in [5.41, 5.74) is 16.1. The number of rotatable bonds is 5. The van der Waals surface area contributed by atoms with Crippen LogP contribution >= 0.6 is 0 Å². The SMILES string of the molecule is CC1(C)c2ccccc2-c2ccc3c4ccccc4n(-c4ccc(-c5nc(-c6ccccc6)cc(-c6cccc(-c7ccccc7)c6)n5)cc4)c3c21. The minimum Gasteiger partial charge on any atom is -0.309 e. The second-order valence-corrected chi connectivity index (χ2v) is 14.2. The number of aromatic nitrogens is 3. The molecule has 10 rings (SSSR count). The van der Waals surface area contributed by atoms with Crippen molar-refractivity contribution >= 4 is 21.8 Å². The molecule has 9 aromatic rings. The molecule has 1 aliphatic rings. The van der Waals surface area contributed by atoms with E-state index in [-0.39, 0.29) is 5.41 Å². The van der Waals surface area contributed by atoms with E-state index in [0.717, 1.165) is 39.3 Å². The number of hydrogen-bond acceptors (Lipinski definition) is 2. The second-order valence-electron chi connectivity index (χ2n) is 14.2. The van der Waals surface area contributed by atoms with Crippen molar-refractivity contribution in [1.29, 1.82) is 0 Å². The molecule has 0 aliphatic heterocycles. The Kier molecular flexibility index (Phi) is 6.84. The summed E-state index contributed by atoms with van der Waals surface area (Å²) in [6.45, 7) is 4.73. The van der Waals surface area contributed by atoms with Crippen LogP contribution in [0.1, 0.15) is 25.0 Å². The Morgan fingerprint density at radius 3 is 1.87 bits per heavy atom. The molecule has 0 radical (unpaired) electrons. The molecule has 0 N–H and O–H groups in total. The summed E-state index contributed by atoms with van der Waals surface area (Å²) in [6, 6.07) is 62.7. The molecular weight excluding hydrogens is 631 g/mol. The van der Waals surface area contributed by atoms with Gasteiger partial charge in [0.1, 0.15) is 0 Å². The third-order valence-electron chi connectivity index (χ3n) is 10.8. The van der Waals surface area contributed by atoms with Gasteiger partial charge < -0.3 is 4.57 Å². The molecule has 1 aliphatic carbocycles. The predicted molar refractivity (Wildman–Crippen MR) is 216 cm³/mol. The lowest BCUT2D eigenvalue weighted by molar-refractivity contribution is 0.664. The van der Waals surface area contributed by atoms with Crippen molar-refractivity contribution in [3.63, 3.8) is 0 Å². The van der Waals surface area contributed by atoms with Gasteiger partial charge in [-0.05, 0) is 75.8 Å². The highest BCUT2D eigenvalue weighted by molar-refractivity contribution is 6.13. The Hall–Kier alpha value is -6.58. The highest BCUT2D eigenvalue weighted by atomic mass is 15.0. The molecule has 0 unspecified atom stereocenters. The van der Waals surface area contributed by atoms with Gasteiger partial charge in [0.25, 0.3) is 0 Å². The summed E-state index contributed by atoms with van der Waals surface area (Å²) in [7, 11) is 0. The summed E-state index contributed by atoms with van der Waals surface area (Å²) in [5.74, 6) is 0.702. The van der Waals surface area contributed by atoms with Gasteiger partial charge >= 0.3 is 0 Å². The normalized spacial score (nSPS) is 13.0. The van der Waals surface area contributed by atoms with E-state index in [1.165, 1.54) is 49.6 Å². The number of para-hydroxylation sites is 1. The van der Waals surface area contributed by atoms with Gasteiger partial charge in [0.2, 0.25) is 0 Å². The summed E-state index contributed by atoms with van der Waals surface area (Å²) in [4.78, 5) is 10.3. The maximum Gasteiger partial charge on any atom is 0.160 e. The van der Waals surface area contributed by atoms with Gasteiger partial charge in [0, 0.05) is 38.6 Å². The summed E-state index contributed by atoms with van der Waals surface area (Å²) in [5, 5.41) is 2.54. The maximum absolute atomic E-state index is 5.20. The van der Waals surface area contributed by atoms with Crippen LogP contribution in [-0.2, 0) is 5.41 Å². The smallest absolute Gasteiger partial charge is 0.160 e. The maximum atomic E-state index is 5.20. The number of nitrogens with zero attached hydrogens (tertiary/aromatic N) is 3. The van der Waals surface area contributed by atoms with Crippen LogP contribution in [0.4, 0.5) is 0 Å². The number of benzene rings is 7. The summed E-state index contributed by atoms with van der Waals surface area (Å²) >= 11 is 0. The van der Waals surface area contributed by atoms with Gasteiger partial charge in [0.05, 0.1) is 22.4 Å². The highest BCUT2D eigenvalue weighted by Crippen LogP contribution is 2.52. The number of fused-ring (bicyclic) bond motifs is 7. The molecule has 2 aromatic heterocycles. The molecule has 0 spiro atoms. The second kappa shape index (κ2) is 11.8. The molecule has 0 fully saturated rings. The molecule has 3 nitrogen and oxygen atoms in total. The average Bonchev–Trinajstić information content (AvgIpc) is 3.67. The van der Waals surface area contributed by atoms with Crippen molar-refractivity contribution in [2.24, 2.45) is 0 Å². The monoisotopic (exact) mass is 665 g/mol. The zero-order valence-corrected chi connectivity index (χ0v) is 29.1. The molecule has 2 heterocycles. The van der Waals surface area contributed by atoms with E-state index in [1.807, 2.05) is 6.07 Å². The van der Waals surface area contributed by atoms with E-state index in [2.05, 4.69) is 188 Å². The lowest BCUT2D eigenvalue weighted by atomic mass is 9.81. The van der Waals surface area contributed by atoms with E-state index < -0.39 is 0 Å². The Morgan fingerprint density at radius 1 is 0.442 bits per heavy atom. The van der Waals surface area contributed by atoms with E-state index >= 15 is 0 Å². The quantitative estimate of drug-likeness (QED) is 0.183. The van der Waals surface area contributed by atoms with Crippen LogP contribution < -0.4 is 0 Å². The highest BCUT2D eigenvalue weighted by Gasteiger charge is 2.38. The summed E-state index contributed by atoms with van der Waals surface area (Å²) < 4.78 is 2.46. The largest absolute Gasteiger partial charge is 0.309 e. The Morgan fingerprint density at radius 2 is 1.08 bits per heavy atom. The van der Waals surface area contributed by atoms with Crippen LogP contribution in [0.5, 0.6) is 0 Å². The average molecular weight is 666 g/mol. The van der Waals surface area contributed by atoms with Gasteiger partial charge in [-0.15, -0.1) is 0 Å². The predicted octanol–water partition coefficient (Wildman–Crippen LogP) is 12.5. The molecule has 52 heavy (non-hydrogen) atoms. The van der Waals surface area contributed by atoms with E-state index in [9.17, 15) is 0 Å². The Labute approximate surface area is 303 Å². The number of hydrogen-bond donors (Lipinski definition) is 0. The van der Waals surface area contributed by atoms with E-state index in [4.69, 9.17) is 9.97 Å². The van der Waals surface area contributed by atoms with Crippen molar-refractivity contribution in [1.82, 2.24) is 14.5 Å². The van der Waals surface area contributed by atoms with Crippen LogP contribution in [0, 0.1) is 0 Å². The van der Waals surface area contributed by atoms with Gasteiger partial charge in [-0.25, -0.2) is 9.97 Å². The third kappa shape index (κ3) is 4.74. The zero-order chi connectivity index (χ0) is 34.8. The van der Waals surface area contributed by atoms with Gasteiger partial charge in [0.15, 0.2) is 5.82 Å². The van der Waals surface area contributed by atoms with Crippen molar-refractivity contribution < 1.29 is 0 Å². The zero-order valence-electron chi connectivity index (χ0n) is 29.1. The van der Waals surface area contributed by atoms with Crippen LogP contribution in [0.3, 0.4) is 0 Å². The van der Waals surface area contributed by atoms with Gasteiger partial charge in [-0.3, -0.25) is 0 Å². The van der Waals surface area contributed by atoms with Crippen molar-refractivity contribution in [3.8, 4) is 61.8 Å². The minimum absolute atomic E-state index is 0.141. The fraction of sp³-hybridized carbons (Fsp3) is 0.0612.